The molecule has 1 aliphatic carbocycles. The molecule has 0 unspecified atom stereocenters. The third-order valence-corrected chi connectivity index (χ3v) is 26.6. The van der Waals surface area contributed by atoms with Crippen molar-refractivity contribution in [3.05, 3.63) is 123 Å². The Hall–Kier alpha value is -10.1. The number of nitrogens with one attached hydrogen (secondary N) is 6. The van der Waals surface area contributed by atoms with Gasteiger partial charge in [0.05, 0.1) is 172 Å². The number of amides is 3. The Morgan fingerprint density at radius 1 is 0.379 bits per heavy atom. The van der Waals surface area contributed by atoms with E-state index in [1.54, 1.807) is 51.0 Å². The van der Waals surface area contributed by atoms with E-state index < -0.39 is 0 Å². The molecule has 8 aliphatic heterocycles. The van der Waals surface area contributed by atoms with Crippen LogP contribution in [0.2, 0.25) is 30.1 Å². The van der Waals surface area contributed by atoms with Crippen molar-refractivity contribution in [2.45, 2.75) is 81.2 Å². The van der Waals surface area contributed by atoms with Gasteiger partial charge in [-0.3, -0.25) is 14.4 Å². The third kappa shape index (κ3) is 17.7. The molecule has 38 heteroatoms. The maximum absolute atomic E-state index is 11.9. The number of aromatic nitrogens is 9. The van der Waals surface area contributed by atoms with Gasteiger partial charge in [-0.2, -0.15) is 0 Å². The molecule has 0 radical (unpaired) electrons. The summed E-state index contributed by atoms with van der Waals surface area (Å²) in [6, 6.07) is 9.22. The third-order valence-electron chi connectivity index (χ3n) is 24.3. The van der Waals surface area contributed by atoms with E-state index >= 15 is 0 Å². The van der Waals surface area contributed by atoms with Gasteiger partial charge in [-0.1, -0.05) is 102 Å². The van der Waals surface area contributed by atoms with Gasteiger partial charge in [0.25, 0.3) is 0 Å². The van der Waals surface area contributed by atoms with Crippen LogP contribution in [-0.4, -0.2) is 247 Å². The van der Waals surface area contributed by atoms with Crippen LogP contribution in [0.25, 0.3) is 66.5 Å². The van der Waals surface area contributed by atoms with Crippen LogP contribution in [0, 0.1) is 16.2 Å². The van der Waals surface area contributed by atoms with Crippen LogP contribution in [0.4, 0.5) is 35.3 Å². The van der Waals surface area contributed by atoms with Gasteiger partial charge in [-0.25, -0.2) is 44.9 Å². The quantitative estimate of drug-likeness (QED) is 0.0306. The molecule has 3 aromatic carbocycles. The van der Waals surface area contributed by atoms with Crippen molar-refractivity contribution in [3.8, 4) is 68.3 Å². The number of ether oxygens (including phenoxy) is 11. The minimum absolute atomic E-state index is 0.115. The number of hydrogen-bond donors (Lipinski definition) is 6. The number of anilines is 6. The highest BCUT2D eigenvalue weighted by Crippen LogP contribution is 2.54. The average Bonchev–Trinajstić information content (AvgIpc) is 1.10. The molecular weight excluding hydrogens is 1720 g/mol. The number of hydrogen-bond acceptors (Lipinski definition) is 29. The highest BCUT2D eigenvalue weighted by Gasteiger charge is 2.50. The molecule has 654 valence electrons. The lowest BCUT2D eigenvalue weighted by molar-refractivity contribution is -0.118. The van der Waals surface area contributed by atoms with Gasteiger partial charge < -0.3 is 98.7 Å². The molecule has 9 fully saturated rings. The lowest BCUT2D eigenvalue weighted by atomic mass is 9.73. The van der Waals surface area contributed by atoms with Gasteiger partial charge in [-0.05, 0) is 68.5 Å². The van der Waals surface area contributed by atoms with Crippen molar-refractivity contribution in [1.82, 2.24) is 60.8 Å². The molecule has 1 saturated carbocycles. The molecule has 3 spiro atoms. The number of carbonyl (C=O) groups is 3. The summed E-state index contributed by atoms with van der Waals surface area (Å²) in [6.45, 7) is 21.1. The van der Waals surface area contributed by atoms with E-state index in [0.717, 1.165) is 107 Å². The zero-order valence-electron chi connectivity index (χ0n) is 69.1. The smallest absolute Gasteiger partial charge is 0.243 e. The lowest BCUT2D eigenvalue weighted by Gasteiger charge is -2.52. The van der Waals surface area contributed by atoms with Gasteiger partial charge in [0.2, 0.25) is 35.6 Å². The Kier molecular flexibility index (Phi) is 26.2. The minimum atomic E-state index is -0.264. The minimum Gasteiger partial charge on any atom is -0.495 e. The Morgan fingerprint density at radius 3 is 0.935 bits per heavy atom. The van der Waals surface area contributed by atoms with Crippen LogP contribution in [0.15, 0.2) is 93.0 Å². The Bertz CT molecular complexity index is 5300. The van der Waals surface area contributed by atoms with Crippen molar-refractivity contribution in [3.63, 3.8) is 0 Å². The second kappa shape index (κ2) is 37.2. The number of nitrogens with zero attached hydrogens (tertiary/aromatic N) is 12. The predicted molar refractivity (Wildman–Crippen MR) is 477 cm³/mol. The second-order valence-electron chi connectivity index (χ2n) is 32.3. The van der Waals surface area contributed by atoms with E-state index in [2.05, 4.69) is 81.3 Å². The molecule has 6 N–H and O–H groups in total. The van der Waals surface area contributed by atoms with E-state index in [9.17, 15) is 14.4 Å². The van der Waals surface area contributed by atoms with Gasteiger partial charge in [-0.15, -0.1) is 0 Å². The van der Waals surface area contributed by atoms with Gasteiger partial charge >= 0.3 is 0 Å². The Morgan fingerprint density at radius 2 is 0.653 bits per heavy atom. The van der Waals surface area contributed by atoms with Gasteiger partial charge in [0, 0.05) is 145 Å². The summed E-state index contributed by atoms with van der Waals surface area (Å²) in [5.74, 6) is 5.17. The van der Waals surface area contributed by atoms with Crippen LogP contribution >= 0.6 is 69.6 Å². The van der Waals surface area contributed by atoms with Crippen LogP contribution < -0.4 is 75.0 Å². The summed E-state index contributed by atoms with van der Waals surface area (Å²) in [5, 5.41) is 23.0. The molecule has 9 aliphatic rings. The summed E-state index contributed by atoms with van der Waals surface area (Å²) >= 11 is 40.7. The average molecular weight is 1820 g/mol. The van der Waals surface area contributed by atoms with E-state index in [1.165, 1.54) is 72.4 Å². The van der Waals surface area contributed by atoms with E-state index in [1.807, 2.05) is 18.2 Å². The monoisotopic (exact) mass is 1810 g/mol. The predicted octanol–water partition coefficient (Wildman–Crippen LogP) is 12.7. The van der Waals surface area contributed by atoms with Crippen molar-refractivity contribution >= 4 is 155 Å². The Labute approximate surface area is 745 Å². The Balaban J connectivity index is 0.000000137. The van der Waals surface area contributed by atoms with Crippen LogP contribution in [0.5, 0.6) is 34.5 Å². The molecule has 6 atom stereocenters. The number of fused-ring (bicyclic) bond motifs is 3. The maximum Gasteiger partial charge on any atom is 0.243 e. The largest absolute Gasteiger partial charge is 0.495 e. The molecular formula is C86H94Cl6N18O14. The summed E-state index contributed by atoms with van der Waals surface area (Å²) in [5.41, 5.74) is 5.93. The SMILES string of the molecule is C=CC(=O)N[C@H]1COC[C@H]1Nc1ncc2cc(-c3c(Cl)c(OC)cc(OC)c3Cl)nc(N3CC4(CCCC4)C3)c2n1.C=CC(=O)N[C@H]1COC[C@H]1Nc1ncc2cc(-c3c(Cl)c(OC)cc(OC)c3Cl)nc(N3CC4(CCOC4)C3)c2n1.C=CC(=O)N[C@H]1COC[C@H]1Nc1ncc2cc(-c3c(Cl)c(OC)cc(OC)c3Cl)nc(N3CC4(CCOCC4)C3)c2n1. The number of benzene rings is 3. The van der Waals surface area contributed by atoms with Crippen LogP contribution in [-0.2, 0) is 38.1 Å². The van der Waals surface area contributed by atoms with Crippen LogP contribution in [0.1, 0.15) is 44.9 Å². The number of halogens is 6. The summed E-state index contributed by atoms with van der Waals surface area (Å²) in [7, 11) is 9.23. The highest BCUT2D eigenvalue weighted by molar-refractivity contribution is 6.42. The van der Waals surface area contributed by atoms with Crippen molar-refractivity contribution in [2.75, 3.05) is 179 Å². The maximum atomic E-state index is 11.9. The first-order valence-electron chi connectivity index (χ1n) is 40.6. The summed E-state index contributed by atoms with van der Waals surface area (Å²) in [6.07, 6.45) is 17.0. The molecule has 32 nitrogen and oxygen atoms in total. The fraction of sp³-hybridized carbons (Fsp3) is 0.442. The molecule has 14 heterocycles. The molecule has 6 aromatic heterocycles. The summed E-state index contributed by atoms with van der Waals surface area (Å²) < 4.78 is 61.1. The lowest BCUT2D eigenvalue weighted by Crippen LogP contribution is -2.59. The number of carbonyl (C=O) groups excluding carboxylic acids is 3. The molecule has 3 amide bonds. The van der Waals surface area contributed by atoms with Gasteiger partial charge in [0.15, 0.2) is 17.5 Å². The normalized spacial score (nSPS) is 21.1. The molecule has 0 bridgehead atoms. The van der Waals surface area contributed by atoms with E-state index in [0.29, 0.717) is 189 Å². The molecule has 18 rings (SSSR count). The topological polar surface area (TPSA) is 351 Å². The summed E-state index contributed by atoms with van der Waals surface area (Å²) in [4.78, 5) is 86.1. The van der Waals surface area contributed by atoms with Crippen molar-refractivity contribution < 1.29 is 66.5 Å². The number of pyridine rings is 3. The van der Waals surface area contributed by atoms with Crippen molar-refractivity contribution in [2.24, 2.45) is 16.2 Å². The molecule has 124 heavy (non-hydrogen) atoms. The zero-order chi connectivity index (χ0) is 86.9. The van der Waals surface area contributed by atoms with Gasteiger partial charge in [0.1, 0.15) is 51.0 Å². The highest BCUT2D eigenvalue weighted by atomic mass is 35.5. The first-order valence-corrected chi connectivity index (χ1v) is 42.9. The van der Waals surface area contributed by atoms with Crippen LogP contribution in [0.3, 0.4) is 0 Å². The second-order valence-corrected chi connectivity index (χ2v) is 34.5. The fourth-order valence-corrected chi connectivity index (χ4v) is 19.7. The first-order chi connectivity index (χ1) is 60.0. The fourth-order valence-electron chi connectivity index (χ4n) is 17.6. The van der Waals surface area contributed by atoms with Crippen molar-refractivity contribution in [1.29, 1.82) is 0 Å². The molecule has 9 aromatic rings. The van der Waals surface area contributed by atoms with E-state index in [4.69, 9.17) is 152 Å². The number of methoxy groups -OCH3 is 6. The van der Waals surface area contributed by atoms with E-state index in [-0.39, 0.29) is 64.8 Å². The standard InChI is InChI=1S/C29H32Cl2N6O5.C29H32Cl2N6O4.C28H30Cl2N6O5/c1-4-22(38)33-18-12-42-13-19(18)35-28-32-11-16-9-17(23-24(30)20(39-2)10-21(40-3)25(23)31)34-27(26(16)36-28)37-14-29(15-37)5-7-41-8-6-29;1-4-22(38)33-18-12-41-13-19(18)35-28-32-11-16-9-17(23-24(30)20(39-2)10-21(40-3)25(23)31)34-27(26(16)36-28)37-14-29(15-37)7-5-6-8-29;1-4-21(37)32-17-10-41-11-18(17)34-27-31-9-15-7-16(22-23(29)19(38-2)8-20(39-3)24(22)30)33-26(25(15)35-27)36-12-28(13-36)5-6-40-14-28/h4,9-11,18-19H,1,5-8,12-15H2,2-3H3,(H,33,38)(H,32,35,36);4,9-11,18-19H,1,5-8,12-15H2,2-3H3,(H,33,38)(H,32,35,36);4,7-9,17-18H,1,5-6,10-14H2,2-3H3,(H,32,37)(H,31,34,35)/t2*18-,19+;17-,18+/m000/s1. The zero-order valence-corrected chi connectivity index (χ0v) is 73.7. The molecule has 8 saturated heterocycles. The number of rotatable bonds is 24. The first kappa shape index (κ1) is 87.4.